The molecule has 7 heteroatoms. The summed E-state index contributed by atoms with van der Waals surface area (Å²) in [5.74, 6) is 0.540. The first-order valence-corrected chi connectivity index (χ1v) is 14.0. The fourth-order valence-electron chi connectivity index (χ4n) is 5.94. The van der Waals surface area contributed by atoms with Gasteiger partial charge in [-0.05, 0) is 61.2 Å². The number of halogens is 1. The molecule has 1 unspecified atom stereocenters. The molecule has 0 aliphatic carbocycles. The number of benzene rings is 3. The number of carbonyl (C=O) groups is 2. The molecule has 2 aliphatic heterocycles. The van der Waals surface area contributed by atoms with Crippen molar-refractivity contribution in [3.63, 3.8) is 0 Å². The topological polar surface area (TPSA) is 58.4 Å². The number of likely N-dealkylation sites (tertiary alicyclic amines) is 2. The highest BCUT2D eigenvalue weighted by atomic mass is 35.5. The highest BCUT2D eigenvalue weighted by Gasteiger charge is 2.34. The number of hydrogen-bond donors (Lipinski definition) is 0. The van der Waals surface area contributed by atoms with Crippen LogP contribution in [0.25, 0.3) is 5.69 Å². The standard InChI is InChI=1S/C32H31ClN4O2/c33-27-11-13-28(14-12-27)37-30(24-15-18-35(19-16-24)31(38)25-9-5-2-6-10-25)29(21-34-37)32(39)36-20-17-26(22-36)23-7-3-1-4-8-23/h1-14,21,24,26H,15-20,22H2. The minimum atomic E-state index is 0.0337. The minimum Gasteiger partial charge on any atom is -0.339 e. The molecule has 6 rings (SSSR count). The van der Waals surface area contributed by atoms with E-state index in [2.05, 4.69) is 24.3 Å². The summed E-state index contributed by atoms with van der Waals surface area (Å²) in [6.45, 7) is 2.71. The van der Waals surface area contributed by atoms with Crippen molar-refractivity contribution in [2.24, 2.45) is 0 Å². The fraction of sp³-hybridized carbons (Fsp3) is 0.281. The minimum absolute atomic E-state index is 0.0337. The normalized spacial score (nSPS) is 17.9. The molecule has 0 saturated carbocycles. The van der Waals surface area contributed by atoms with Crippen LogP contribution in [0.15, 0.2) is 91.1 Å². The molecule has 39 heavy (non-hydrogen) atoms. The van der Waals surface area contributed by atoms with Gasteiger partial charge in [0.2, 0.25) is 0 Å². The van der Waals surface area contributed by atoms with E-state index >= 15 is 0 Å². The van der Waals surface area contributed by atoms with E-state index in [0.29, 0.717) is 41.7 Å². The molecule has 0 N–H and O–H groups in total. The van der Waals surface area contributed by atoms with Gasteiger partial charge in [0.25, 0.3) is 11.8 Å². The maximum Gasteiger partial charge on any atom is 0.257 e. The summed E-state index contributed by atoms with van der Waals surface area (Å²) in [7, 11) is 0. The van der Waals surface area contributed by atoms with Gasteiger partial charge in [0.05, 0.1) is 23.1 Å². The predicted molar refractivity (Wildman–Crippen MR) is 153 cm³/mol. The summed E-state index contributed by atoms with van der Waals surface area (Å²) < 4.78 is 1.90. The SMILES string of the molecule is O=C(c1ccccc1)N1CCC(c2c(C(=O)N3CCC(c4ccccc4)C3)cnn2-c2ccc(Cl)cc2)CC1. The number of nitrogens with zero attached hydrogens (tertiary/aromatic N) is 4. The van der Waals surface area contributed by atoms with Crippen molar-refractivity contribution in [3.05, 3.63) is 119 Å². The molecule has 3 aromatic carbocycles. The lowest BCUT2D eigenvalue weighted by Gasteiger charge is -2.33. The van der Waals surface area contributed by atoms with Crippen molar-refractivity contribution in [1.82, 2.24) is 19.6 Å². The largest absolute Gasteiger partial charge is 0.339 e. The van der Waals surface area contributed by atoms with Gasteiger partial charge in [0, 0.05) is 48.6 Å². The number of carbonyl (C=O) groups excluding carboxylic acids is 2. The molecule has 198 valence electrons. The third kappa shape index (κ3) is 5.21. The van der Waals surface area contributed by atoms with Gasteiger partial charge in [-0.25, -0.2) is 4.68 Å². The van der Waals surface area contributed by atoms with Crippen molar-refractivity contribution in [2.75, 3.05) is 26.2 Å². The molecule has 2 aliphatic rings. The van der Waals surface area contributed by atoms with Crippen molar-refractivity contribution in [2.45, 2.75) is 31.1 Å². The Balaban J connectivity index is 1.26. The highest BCUT2D eigenvalue weighted by Crippen LogP contribution is 2.35. The number of piperidine rings is 1. The molecule has 6 nitrogen and oxygen atoms in total. The van der Waals surface area contributed by atoms with Gasteiger partial charge in [-0.15, -0.1) is 0 Å². The zero-order valence-electron chi connectivity index (χ0n) is 21.7. The van der Waals surface area contributed by atoms with E-state index in [0.717, 1.165) is 37.2 Å². The van der Waals surface area contributed by atoms with E-state index < -0.39 is 0 Å². The van der Waals surface area contributed by atoms with Crippen LogP contribution in [0.5, 0.6) is 0 Å². The summed E-state index contributed by atoms with van der Waals surface area (Å²) in [5.41, 5.74) is 4.45. The Morgan fingerprint density at radius 2 is 1.33 bits per heavy atom. The van der Waals surface area contributed by atoms with Crippen LogP contribution < -0.4 is 0 Å². The van der Waals surface area contributed by atoms with Crippen molar-refractivity contribution in [1.29, 1.82) is 0 Å². The molecule has 2 fully saturated rings. The molecule has 0 radical (unpaired) electrons. The van der Waals surface area contributed by atoms with E-state index in [1.807, 2.05) is 75.1 Å². The zero-order valence-corrected chi connectivity index (χ0v) is 22.5. The van der Waals surface area contributed by atoms with Crippen LogP contribution in [0.3, 0.4) is 0 Å². The van der Waals surface area contributed by atoms with E-state index in [1.54, 1.807) is 6.20 Å². The van der Waals surface area contributed by atoms with Crippen LogP contribution in [0.1, 0.15) is 63.1 Å². The van der Waals surface area contributed by atoms with Crippen molar-refractivity contribution < 1.29 is 9.59 Å². The first-order chi connectivity index (χ1) is 19.1. The Morgan fingerprint density at radius 3 is 2.03 bits per heavy atom. The molecule has 3 heterocycles. The second-order valence-corrected chi connectivity index (χ2v) is 10.8. The van der Waals surface area contributed by atoms with E-state index in [1.165, 1.54) is 5.56 Å². The maximum atomic E-state index is 13.9. The lowest BCUT2D eigenvalue weighted by atomic mass is 9.90. The zero-order chi connectivity index (χ0) is 26.8. The Kier molecular flexibility index (Phi) is 7.20. The number of aromatic nitrogens is 2. The molecule has 1 aromatic heterocycles. The Labute approximate surface area is 233 Å². The summed E-state index contributed by atoms with van der Waals surface area (Å²) >= 11 is 6.16. The lowest BCUT2D eigenvalue weighted by molar-refractivity contribution is 0.0706. The third-order valence-electron chi connectivity index (χ3n) is 8.04. The van der Waals surface area contributed by atoms with Gasteiger partial charge in [-0.2, -0.15) is 5.10 Å². The Morgan fingerprint density at radius 1 is 0.718 bits per heavy atom. The van der Waals surface area contributed by atoms with Crippen LogP contribution in [0, 0.1) is 0 Å². The van der Waals surface area contributed by atoms with Gasteiger partial charge in [-0.1, -0.05) is 60.1 Å². The fourth-order valence-corrected chi connectivity index (χ4v) is 6.06. The van der Waals surface area contributed by atoms with Gasteiger partial charge < -0.3 is 9.80 Å². The highest BCUT2D eigenvalue weighted by molar-refractivity contribution is 6.30. The monoisotopic (exact) mass is 538 g/mol. The van der Waals surface area contributed by atoms with Crippen LogP contribution >= 0.6 is 11.6 Å². The third-order valence-corrected chi connectivity index (χ3v) is 8.30. The molecule has 0 spiro atoms. The van der Waals surface area contributed by atoms with Gasteiger partial charge in [0.15, 0.2) is 0 Å². The number of hydrogen-bond acceptors (Lipinski definition) is 3. The number of rotatable bonds is 5. The molecule has 4 aromatic rings. The number of amides is 2. The van der Waals surface area contributed by atoms with Crippen LogP contribution in [-0.4, -0.2) is 57.6 Å². The second-order valence-electron chi connectivity index (χ2n) is 10.4. The van der Waals surface area contributed by atoms with Gasteiger partial charge >= 0.3 is 0 Å². The Hall–Kier alpha value is -3.90. The predicted octanol–water partition coefficient (Wildman–Crippen LogP) is 6.18. The molecule has 2 saturated heterocycles. The first-order valence-electron chi connectivity index (χ1n) is 13.6. The smallest absolute Gasteiger partial charge is 0.257 e. The maximum absolute atomic E-state index is 13.9. The molecule has 2 amide bonds. The van der Waals surface area contributed by atoms with E-state index in [9.17, 15) is 9.59 Å². The van der Waals surface area contributed by atoms with Crippen molar-refractivity contribution >= 4 is 23.4 Å². The average Bonchev–Trinajstić information content (AvgIpc) is 3.67. The van der Waals surface area contributed by atoms with E-state index in [-0.39, 0.29) is 17.7 Å². The van der Waals surface area contributed by atoms with Crippen LogP contribution in [0.2, 0.25) is 5.02 Å². The van der Waals surface area contributed by atoms with Gasteiger partial charge in [-0.3, -0.25) is 9.59 Å². The van der Waals surface area contributed by atoms with E-state index in [4.69, 9.17) is 16.7 Å². The quantitative estimate of drug-likeness (QED) is 0.305. The summed E-state index contributed by atoms with van der Waals surface area (Å²) in [6.07, 6.45) is 4.22. The second kappa shape index (κ2) is 11.1. The summed E-state index contributed by atoms with van der Waals surface area (Å²) in [5, 5.41) is 5.36. The van der Waals surface area contributed by atoms with Gasteiger partial charge in [0.1, 0.15) is 0 Å². The first kappa shape index (κ1) is 25.4. The van der Waals surface area contributed by atoms with Crippen molar-refractivity contribution in [3.8, 4) is 5.69 Å². The molecule has 1 atom stereocenters. The lowest BCUT2D eigenvalue weighted by Crippen LogP contribution is -2.38. The molecular weight excluding hydrogens is 508 g/mol. The molecular formula is C32H31ClN4O2. The summed E-state index contributed by atoms with van der Waals surface area (Å²) in [4.78, 5) is 30.9. The Bertz CT molecular complexity index is 1440. The van der Waals surface area contributed by atoms with Crippen LogP contribution in [0.4, 0.5) is 0 Å². The summed E-state index contributed by atoms with van der Waals surface area (Å²) in [6, 6.07) is 27.4. The average molecular weight is 539 g/mol. The molecule has 0 bridgehead atoms. The van der Waals surface area contributed by atoms with Crippen LogP contribution in [-0.2, 0) is 0 Å².